The molecule has 5 rings (SSSR count). The molecule has 0 saturated carbocycles. The lowest BCUT2D eigenvalue weighted by Crippen LogP contribution is -2.31. The molecule has 0 spiro atoms. The summed E-state index contributed by atoms with van der Waals surface area (Å²) in [7, 11) is 0. The number of hydrogen-bond acceptors (Lipinski definition) is 5. The maximum Gasteiger partial charge on any atom is 0.257 e. The van der Waals surface area contributed by atoms with E-state index in [-0.39, 0.29) is 11.7 Å². The Hall–Kier alpha value is -4.04. The first-order valence-electron chi connectivity index (χ1n) is 10.2. The smallest absolute Gasteiger partial charge is 0.257 e. The number of anilines is 2. The topological polar surface area (TPSA) is 84.7 Å². The molecule has 2 N–H and O–H groups in total. The van der Waals surface area contributed by atoms with Gasteiger partial charge in [0.05, 0.1) is 10.6 Å². The molecule has 4 aromatic rings. The van der Waals surface area contributed by atoms with E-state index in [1.165, 1.54) is 12.1 Å². The second-order valence-corrected chi connectivity index (χ2v) is 7.88. The number of allylic oxidation sites excluding steroid dienone is 1. The first-order chi connectivity index (χ1) is 16.0. The van der Waals surface area contributed by atoms with Gasteiger partial charge in [0.1, 0.15) is 17.7 Å². The maximum atomic E-state index is 13.7. The molecule has 0 aliphatic carbocycles. The zero-order valence-electron chi connectivity index (χ0n) is 17.5. The molecule has 1 aliphatic rings. The monoisotopic (exact) mass is 460 g/mol. The third-order valence-electron chi connectivity index (χ3n) is 5.30. The highest BCUT2D eigenvalue weighted by molar-refractivity contribution is 6.33. The molecule has 0 saturated heterocycles. The number of aromatic nitrogens is 4. The lowest BCUT2D eigenvalue weighted by Gasteiger charge is -2.28. The number of nitrogens with zero attached hydrogens (tertiary/aromatic N) is 4. The molecule has 1 atom stereocenters. The van der Waals surface area contributed by atoms with Crippen molar-refractivity contribution in [2.75, 3.05) is 10.6 Å². The van der Waals surface area contributed by atoms with Crippen LogP contribution in [0.1, 0.15) is 18.5 Å². The molecule has 2 aromatic carbocycles. The number of nitrogens with one attached hydrogen (secondary N) is 2. The lowest BCUT2D eigenvalue weighted by atomic mass is 9.95. The van der Waals surface area contributed by atoms with E-state index in [0.717, 1.165) is 0 Å². The molecule has 0 bridgehead atoms. The average molecular weight is 461 g/mol. The number of amides is 1. The Labute approximate surface area is 194 Å². The predicted octanol–water partition coefficient (Wildman–Crippen LogP) is 5.06. The molecule has 9 heteroatoms. The van der Waals surface area contributed by atoms with E-state index in [4.69, 9.17) is 11.6 Å². The Bertz CT molecular complexity index is 1370. The summed E-state index contributed by atoms with van der Waals surface area (Å²) < 4.78 is 15.3. The van der Waals surface area contributed by atoms with Crippen LogP contribution in [0.3, 0.4) is 0 Å². The second kappa shape index (κ2) is 8.48. The van der Waals surface area contributed by atoms with E-state index in [1.54, 1.807) is 54.2 Å². The first-order valence-corrected chi connectivity index (χ1v) is 10.6. The number of rotatable bonds is 4. The lowest BCUT2D eigenvalue weighted by molar-refractivity contribution is -0.113. The maximum absolute atomic E-state index is 13.7. The van der Waals surface area contributed by atoms with Crippen molar-refractivity contribution in [1.82, 2.24) is 19.7 Å². The van der Waals surface area contributed by atoms with Crippen molar-refractivity contribution >= 4 is 29.3 Å². The number of pyridine rings is 1. The van der Waals surface area contributed by atoms with Gasteiger partial charge in [-0.15, -0.1) is 5.10 Å². The van der Waals surface area contributed by atoms with Gasteiger partial charge >= 0.3 is 0 Å². The molecular formula is C24H18ClFN6O. The molecular weight excluding hydrogens is 443 g/mol. The van der Waals surface area contributed by atoms with Crippen molar-refractivity contribution < 1.29 is 9.18 Å². The highest BCUT2D eigenvalue weighted by atomic mass is 35.5. The van der Waals surface area contributed by atoms with Gasteiger partial charge in [0, 0.05) is 17.5 Å². The normalized spacial score (nSPS) is 15.1. The molecule has 0 fully saturated rings. The van der Waals surface area contributed by atoms with Gasteiger partial charge in [-0.2, -0.15) is 4.98 Å². The zero-order chi connectivity index (χ0) is 22.9. The minimum absolute atomic E-state index is 0.353. The van der Waals surface area contributed by atoms with Crippen LogP contribution < -0.4 is 10.6 Å². The van der Waals surface area contributed by atoms with Crippen molar-refractivity contribution in [2.24, 2.45) is 0 Å². The van der Waals surface area contributed by atoms with Crippen LogP contribution in [0.4, 0.5) is 16.2 Å². The van der Waals surface area contributed by atoms with Crippen molar-refractivity contribution in [3.63, 3.8) is 0 Å². The number of benzene rings is 2. The minimum Gasteiger partial charge on any atom is -0.328 e. The average Bonchev–Trinajstić information content (AvgIpc) is 3.23. The van der Waals surface area contributed by atoms with E-state index < -0.39 is 6.04 Å². The second-order valence-electron chi connectivity index (χ2n) is 7.47. The van der Waals surface area contributed by atoms with Gasteiger partial charge in [0.15, 0.2) is 5.82 Å². The summed E-state index contributed by atoms with van der Waals surface area (Å²) in [4.78, 5) is 22.1. The molecule has 7 nitrogen and oxygen atoms in total. The Morgan fingerprint density at radius 3 is 2.58 bits per heavy atom. The van der Waals surface area contributed by atoms with Gasteiger partial charge in [0.2, 0.25) is 5.95 Å². The van der Waals surface area contributed by atoms with Crippen LogP contribution in [0.25, 0.3) is 11.4 Å². The molecule has 1 aliphatic heterocycles. The van der Waals surface area contributed by atoms with E-state index in [9.17, 15) is 9.18 Å². The van der Waals surface area contributed by atoms with Crippen LogP contribution in [0.2, 0.25) is 5.02 Å². The summed E-state index contributed by atoms with van der Waals surface area (Å²) >= 11 is 6.36. The molecule has 1 unspecified atom stereocenters. The van der Waals surface area contributed by atoms with Crippen molar-refractivity contribution in [1.29, 1.82) is 0 Å². The Morgan fingerprint density at radius 1 is 1.09 bits per heavy atom. The third-order valence-corrected chi connectivity index (χ3v) is 5.63. The van der Waals surface area contributed by atoms with Crippen LogP contribution in [0, 0.1) is 5.82 Å². The minimum atomic E-state index is -0.644. The molecule has 164 valence electrons. The number of halogens is 2. The standard InChI is InChI=1S/C24H18ClFN6O/c1-14-20(23(33)29-19-8-4-5-13-27-19)21(15-9-11-16(26)12-10-15)32-24(28-14)30-22(31-32)17-6-2-3-7-18(17)25/h2-13,21H,1H3,(H,27,29,33)(H,28,30,31). The summed E-state index contributed by atoms with van der Waals surface area (Å²) in [6, 6.07) is 17.8. The van der Waals surface area contributed by atoms with Gasteiger partial charge in [-0.1, -0.05) is 41.9 Å². The summed E-state index contributed by atoms with van der Waals surface area (Å²) in [6.45, 7) is 1.79. The van der Waals surface area contributed by atoms with Crippen LogP contribution in [0.15, 0.2) is 84.2 Å². The third kappa shape index (κ3) is 3.96. The first kappa shape index (κ1) is 20.8. The predicted molar refractivity (Wildman–Crippen MR) is 124 cm³/mol. The number of carbonyl (C=O) groups excluding carboxylic acids is 1. The van der Waals surface area contributed by atoms with E-state index >= 15 is 0 Å². The molecule has 3 heterocycles. The van der Waals surface area contributed by atoms with Gasteiger partial charge < -0.3 is 10.6 Å². The van der Waals surface area contributed by atoms with Crippen LogP contribution >= 0.6 is 11.6 Å². The highest BCUT2D eigenvalue weighted by Crippen LogP contribution is 2.37. The fourth-order valence-corrected chi connectivity index (χ4v) is 4.00. The summed E-state index contributed by atoms with van der Waals surface area (Å²) in [5.41, 5.74) is 2.36. The number of fused-ring (bicyclic) bond motifs is 1. The van der Waals surface area contributed by atoms with Crippen molar-refractivity contribution in [3.8, 4) is 11.4 Å². The fraction of sp³-hybridized carbons (Fsp3) is 0.0833. The largest absolute Gasteiger partial charge is 0.328 e. The van der Waals surface area contributed by atoms with Crippen molar-refractivity contribution in [3.05, 3.63) is 101 Å². The number of hydrogen-bond donors (Lipinski definition) is 2. The Kier molecular flexibility index (Phi) is 5.35. The van der Waals surface area contributed by atoms with Gasteiger partial charge in [-0.05, 0) is 48.9 Å². The highest BCUT2D eigenvalue weighted by Gasteiger charge is 2.34. The SMILES string of the molecule is CC1=C(C(=O)Nc2ccccn2)C(c2ccc(F)cc2)n2nc(-c3ccccc3Cl)nc2N1. The Balaban J connectivity index is 1.62. The van der Waals surface area contributed by atoms with Gasteiger partial charge in [-0.25, -0.2) is 14.1 Å². The number of carbonyl (C=O) groups is 1. The van der Waals surface area contributed by atoms with Crippen LogP contribution in [-0.2, 0) is 4.79 Å². The van der Waals surface area contributed by atoms with Crippen LogP contribution in [-0.4, -0.2) is 25.7 Å². The zero-order valence-corrected chi connectivity index (χ0v) is 18.2. The summed E-state index contributed by atoms with van der Waals surface area (Å²) in [5.74, 6) is 0.555. The van der Waals surface area contributed by atoms with Gasteiger partial charge in [-0.3, -0.25) is 4.79 Å². The summed E-state index contributed by atoms with van der Waals surface area (Å²) in [6.07, 6.45) is 1.60. The van der Waals surface area contributed by atoms with Gasteiger partial charge in [0.25, 0.3) is 5.91 Å². The molecule has 33 heavy (non-hydrogen) atoms. The Morgan fingerprint density at radius 2 is 1.85 bits per heavy atom. The fourth-order valence-electron chi connectivity index (χ4n) is 3.78. The van der Waals surface area contributed by atoms with E-state index in [1.807, 2.05) is 18.2 Å². The van der Waals surface area contributed by atoms with Crippen LogP contribution in [0.5, 0.6) is 0 Å². The molecule has 2 aromatic heterocycles. The van der Waals surface area contributed by atoms with Crippen molar-refractivity contribution in [2.45, 2.75) is 13.0 Å². The summed E-state index contributed by atoms with van der Waals surface area (Å²) in [5, 5.41) is 11.2. The van der Waals surface area contributed by atoms with E-state index in [0.29, 0.717) is 45.0 Å². The molecule has 1 amide bonds. The van der Waals surface area contributed by atoms with E-state index in [2.05, 4.69) is 25.7 Å². The molecule has 0 radical (unpaired) electrons. The quantitative estimate of drug-likeness (QED) is 0.444.